The fourth-order valence-corrected chi connectivity index (χ4v) is 3.92. The minimum atomic E-state index is -3.10. The van der Waals surface area contributed by atoms with Gasteiger partial charge in [0.15, 0.2) is 11.5 Å². The highest BCUT2D eigenvalue weighted by Gasteiger charge is 2.25. The summed E-state index contributed by atoms with van der Waals surface area (Å²) < 4.78 is 41.5. The molecule has 11 nitrogen and oxygen atoms in total. The number of carbonyl (C=O) groups is 2. The number of hydrogen-bond acceptors (Lipinski definition) is 8. The second-order valence-corrected chi connectivity index (χ2v) is 8.48. The molecule has 1 aromatic rings. The molecule has 1 aliphatic rings. The van der Waals surface area contributed by atoms with Gasteiger partial charge in [0.2, 0.25) is 15.8 Å². The van der Waals surface area contributed by atoms with Gasteiger partial charge in [-0.05, 0) is 24.6 Å². The smallest absolute Gasteiger partial charge is 0.414 e. The maximum absolute atomic E-state index is 11.9. The van der Waals surface area contributed by atoms with Crippen LogP contribution in [0.1, 0.15) is 12.5 Å². The predicted molar refractivity (Wildman–Crippen MR) is 108 cm³/mol. The third-order valence-corrected chi connectivity index (χ3v) is 6.28. The Morgan fingerprint density at radius 2 is 1.40 bits per heavy atom. The Balaban J connectivity index is 0.000000656. The normalized spacial score (nSPS) is 14.9. The Morgan fingerprint density at radius 1 is 0.933 bits per heavy atom. The fourth-order valence-electron chi connectivity index (χ4n) is 2.83. The SMILES string of the molecule is CCS(=O)(=O)N1CCN(Cc2cc(OC)c(OC)c(OC)c2)CC1.O=C(O)C(=O)O. The maximum atomic E-state index is 11.9. The van der Waals surface area contributed by atoms with Gasteiger partial charge in [0, 0.05) is 32.7 Å². The van der Waals surface area contributed by atoms with Gasteiger partial charge in [0.1, 0.15) is 0 Å². The van der Waals surface area contributed by atoms with E-state index in [0.29, 0.717) is 50.0 Å². The van der Waals surface area contributed by atoms with Gasteiger partial charge in [-0.1, -0.05) is 0 Å². The Bertz CT molecular complexity index is 797. The summed E-state index contributed by atoms with van der Waals surface area (Å²) in [5.41, 5.74) is 1.04. The van der Waals surface area contributed by atoms with E-state index in [1.54, 1.807) is 32.6 Å². The molecule has 2 N–H and O–H groups in total. The largest absolute Gasteiger partial charge is 0.493 e. The van der Waals surface area contributed by atoms with Crippen molar-refractivity contribution in [3.05, 3.63) is 17.7 Å². The van der Waals surface area contributed by atoms with E-state index >= 15 is 0 Å². The van der Waals surface area contributed by atoms with Crippen LogP contribution < -0.4 is 14.2 Å². The van der Waals surface area contributed by atoms with Crippen LogP contribution in [0.15, 0.2) is 12.1 Å². The first-order chi connectivity index (χ1) is 14.1. The number of benzene rings is 1. The average molecular weight is 448 g/mol. The minimum Gasteiger partial charge on any atom is -0.493 e. The van der Waals surface area contributed by atoms with E-state index in [0.717, 1.165) is 5.56 Å². The molecule has 1 saturated heterocycles. The molecule has 0 saturated carbocycles. The zero-order valence-electron chi connectivity index (χ0n) is 17.5. The molecule has 1 heterocycles. The molecule has 0 aliphatic carbocycles. The van der Waals surface area contributed by atoms with E-state index in [1.807, 2.05) is 12.1 Å². The maximum Gasteiger partial charge on any atom is 0.414 e. The van der Waals surface area contributed by atoms with Crippen molar-refractivity contribution in [1.82, 2.24) is 9.21 Å². The summed E-state index contributed by atoms with van der Waals surface area (Å²) in [6, 6.07) is 3.85. The zero-order chi connectivity index (χ0) is 22.9. The molecule has 1 aliphatic heterocycles. The molecule has 0 aromatic heterocycles. The van der Waals surface area contributed by atoms with Crippen LogP contribution in [0.2, 0.25) is 0 Å². The van der Waals surface area contributed by atoms with Gasteiger partial charge in [-0.3, -0.25) is 4.90 Å². The summed E-state index contributed by atoms with van der Waals surface area (Å²) >= 11 is 0. The number of sulfonamides is 1. The number of carboxylic acid groups (broad SMARTS) is 2. The number of ether oxygens (including phenoxy) is 3. The first kappa shape index (κ1) is 25.5. The molecule has 0 unspecified atom stereocenters. The molecular formula is C18H28N2O9S. The first-order valence-electron chi connectivity index (χ1n) is 9.04. The van der Waals surface area contributed by atoms with Crippen LogP contribution in [0.5, 0.6) is 17.2 Å². The minimum absolute atomic E-state index is 0.153. The summed E-state index contributed by atoms with van der Waals surface area (Å²) in [6.45, 7) is 4.85. The number of piperazine rings is 1. The quantitative estimate of drug-likeness (QED) is 0.560. The Morgan fingerprint density at radius 3 is 1.73 bits per heavy atom. The number of methoxy groups -OCH3 is 3. The number of aliphatic carboxylic acids is 2. The summed E-state index contributed by atoms with van der Waals surface area (Å²) in [4.78, 5) is 20.4. The molecule has 1 aromatic carbocycles. The van der Waals surface area contributed by atoms with Gasteiger partial charge in [-0.2, -0.15) is 4.31 Å². The van der Waals surface area contributed by atoms with Crippen molar-refractivity contribution in [2.75, 3.05) is 53.3 Å². The van der Waals surface area contributed by atoms with Crippen molar-refractivity contribution < 1.29 is 42.4 Å². The third kappa shape index (κ3) is 7.04. The molecule has 0 radical (unpaired) electrons. The van der Waals surface area contributed by atoms with Crippen LogP contribution in [-0.4, -0.2) is 93.0 Å². The van der Waals surface area contributed by atoms with E-state index in [-0.39, 0.29) is 5.75 Å². The topological polar surface area (TPSA) is 143 Å². The first-order valence-corrected chi connectivity index (χ1v) is 10.7. The number of rotatable bonds is 7. The molecule has 0 atom stereocenters. The molecule has 0 spiro atoms. The van der Waals surface area contributed by atoms with Crippen LogP contribution in [0.4, 0.5) is 0 Å². The number of nitrogens with zero attached hydrogens (tertiary/aromatic N) is 2. The van der Waals surface area contributed by atoms with E-state index in [9.17, 15) is 8.42 Å². The van der Waals surface area contributed by atoms with E-state index in [2.05, 4.69) is 4.90 Å². The number of carboxylic acids is 2. The lowest BCUT2D eigenvalue weighted by atomic mass is 10.1. The Hall–Kier alpha value is -2.57. The molecular weight excluding hydrogens is 420 g/mol. The van der Waals surface area contributed by atoms with Gasteiger partial charge in [-0.25, -0.2) is 18.0 Å². The fraction of sp³-hybridized carbons (Fsp3) is 0.556. The van der Waals surface area contributed by atoms with Crippen LogP contribution >= 0.6 is 0 Å². The molecule has 1 fully saturated rings. The summed E-state index contributed by atoms with van der Waals surface area (Å²) in [5, 5.41) is 14.8. The second kappa shape index (κ2) is 11.6. The zero-order valence-corrected chi connectivity index (χ0v) is 18.3. The van der Waals surface area contributed by atoms with Crippen molar-refractivity contribution in [3.8, 4) is 17.2 Å². The highest BCUT2D eigenvalue weighted by molar-refractivity contribution is 7.89. The number of hydrogen-bond donors (Lipinski definition) is 2. The third-order valence-electron chi connectivity index (χ3n) is 4.40. The van der Waals surface area contributed by atoms with Crippen LogP contribution in [-0.2, 0) is 26.2 Å². The summed E-state index contributed by atoms with van der Waals surface area (Å²) in [6.07, 6.45) is 0. The van der Waals surface area contributed by atoms with Crippen molar-refractivity contribution in [3.63, 3.8) is 0 Å². The highest BCUT2D eigenvalue weighted by atomic mass is 32.2. The van der Waals surface area contributed by atoms with Crippen LogP contribution in [0.3, 0.4) is 0 Å². The van der Waals surface area contributed by atoms with Crippen molar-refractivity contribution in [2.45, 2.75) is 13.5 Å². The monoisotopic (exact) mass is 448 g/mol. The lowest BCUT2D eigenvalue weighted by Gasteiger charge is -2.33. The van der Waals surface area contributed by atoms with Gasteiger partial charge in [0.25, 0.3) is 0 Å². The van der Waals surface area contributed by atoms with E-state index in [1.165, 1.54) is 0 Å². The Labute approximate surface area is 175 Å². The van der Waals surface area contributed by atoms with Crippen LogP contribution in [0.25, 0.3) is 0 Å². The molecule has 0 amide bonds. The summed E-state index contributed by atoms with van der Waals surface area (Å²) in [5.74, 6) is -1.68. The Kier molecular flexibility index (Phi) is 9.82. The molecule has 2 rings (SSSR count). The average Bonchev–Trinajstić information content (AvgIpc) is 2.73. The van der Waals surface area contributed by atoms with Crippen molar-refractivity contribution in [2.24, 2.45) is 0 Å². The molecule has 30 heavy (non-hydrogen) atoms. The summed E-state index contributed by atoms with van der Waals surface area (Å²) in [7, 11) is 1.66. The van der Waals surface area contributed by atoms with Crippen molar-refractivity contribution in [1.29, 1.82) is 0 Å². The van der Waals surface area contributed by atoms with E-state index < -0.39 is 22.0 Å². The van der Waals surface area contributed by atoms with Gasteiger partial charge < -0.3 is 24.4 Å². The van der Waals surface area contributed by atoms with Crippen LogP contribution in [0, 0.1) is 0 Å². The van der Waals surface area contributed by atoms with Gasteiger partial charge >= 0.3 is 11.9 Å². The van der Waals surface area contributed by atoms with Gasteiger partial charge in [-0.15, -0.1) is 0 Å². The molecule has 170 valence electrons. The predicted octanol–water partition coefficient (Wildman–Crippen LogP) is 0.335. The van der Waals surface area contributed by atoms with Crippen molar-refractivity contribution >= 4 is 22.0 Å². The lowest BCUT2D eigenvalue weighted by molar-refractivity contribution is -0.159. The highest BCUT2D eigenvalue weighted by Crippen LogP contribution is 2.38. The van der Waals surface area contributed by atoms with Gasteiger partial charge in [0.05, 0.1) is 27.1 Å². The second-order valence-electron chi connectivity index (χ2n) is 6.22. The lowest BCUT2D eigenvalue weighted by Crippen LogP contribution is -2.48. The molecule has 0 bridgehead atoms. The standard InChI is InChI=1S/C16H26N2O5S.C2H2O4/c1-5-24(19,20)18-8-6-17(7-9-18)12-13-10-14(21-2)16(23-4)15(11-13)22-3;3-1(4)2(5)6/h10-11H,5-9,12H2,1-4H3;(H,3,4)(H,5,6). The van der Waals surface area contributed by atoms with E-state index in [4.69, 9.17) is 34.0 Å². The molecule has 12 heteroatoms.